The molecular formula is C25H26ClN9O2S. The lowest BCUT2D eigenvalue weighted by Crippen LogP contribution is -2.51. The molecule has 196 valence electrons. The number of hydrogen-bond donors (Lipinski definition) is 0. The number of azide groups is 1. The van der Waals surface area contributed by atoms with Crippen molar-refractivity contribution in [1.29, 1.82) is 0 Å². The van der Waals surface area contributed by atoms with Crippen molar-refractivity contribution in [2.24, 2.45) is 10.1 Å². The van der Waals surface area contributed by atoms with Crippen LogP contribution in [-0.4, -0.2) is 74.8 Å². The highest BCUT2D eigenvalue weighted by Gasteiger charge is 2.34. The maximum absolute atomic E-state index is 13.5. The van der Waals surface area contributed by atoms with E-state index < -0.39 is 6.04 Å². The molecule has 1 saturated heterocycles. The fourth-order valence-electron chi connectivity index (χ4n) is 4.82. The Labute approximate surface area is 228 Å². The smallest absolute Gasteiger partial charge is 0.228 e. The van der Waals surface area contributed by atoms with Crippen molar-refractivity contribution in [3.05, 3.63) is 72.9 Å². The van der Waals surface area contributed by atoms with E-state index in [2.05, 4.69) is 34.1 Å². The van der Waals surface area contributed by atoms with E-state index in [1.807, 2.05) is 35.8 Å². The lowest BCUT2D eigenvalue weighted by atomic mass is 9.99. The Hall–Kier alpha value is -3.73. The van der Waals surface area contributed by atoms with Crippen molar-refractivity contribution >= 4 is 40.5 Å². The number of hydrogen-bond acceptors (Lipinski definition) is 7. The maximum atomic E-state index is 13.5. The number of aryl methyl sites for hydroxylation is 2. The summed E-state index contributed by atoms with van der Waals surface area (Å²) >= 11 is 7.84. The van der Waals surface area contributed by atoms with Crippen molar-refractivity contribution < 1.29 is 9.59 Å². The molecule has 0 spiro atoms. The van der Waals surface area contributed by atoms with E-state index >= 15 is 0 Å². The number of amides is 2. The van der Waals surface area contributed by atoms with Crippen LogP contribution in [0.3, 0.4) is 0 Å². The highest BCUT2D eigenvalue weighted by molar-refractivity contribution is 7.15. The van der Waals surface area contributed by atoms with Gasteiger partial charge in [-0.2, -0.15) is 0 Å². The highest BCUT2D eigenvalue weighted by Crippen LogP contribution is 2.39. The molecule has 2 aromatic heterocycles. The second kappa shape index (κ2) is 10.6. The van der Waals surface area contributed by atoms with E-state index in [4.69, 9.17) is 22.1 Å². The van der Waals surface area contributed by atoms with Gasteiger partial charge in [0, 0.05) is 52.1 Å². The first kappa shape index (κ1) is 25.9. The van der Waals surface area contributed by atoms with E-state index in [9.17, 15) is 9.59 Å². The van der Waals surface area contributed by atoms with Crippen LogP contribution < -0.4 is 0 Å². The third-order valence-electron chi connectivity index (χ3n) is 6.98. The molecule has 0 radical (unpaired) electrons. The van der Waals surface area contributed by atoms with Crippen LogP contribution in [0.2, 0.25) is 5.02 Å². The second-order valence-electron chi connectivity index (χ2n) is 9.26. The molecule has 1 atom stereocenters. The molecule has 3 aromatic rings. The van der Waals surface area contributed by atoms with Crippen LogP contribution in [-0.2, 0) is 9.59 Å². The quantitative estimate of drug-likeness (QED) is 0.267. The highest BCUT2D eigenvalue weighted by atomic mass is 35.5. The van der Waals surface area contributed by atoms with E-state index in [1.54, 1.807) is 21.1 Å². The minimum Gasteiger partial charge on any atom is -0.339 e. The molecule has 0 N–H and O–H groups in total. The summed E-state index contributed by atoms with van der Waals surface area (Å²) in [6.45, 7) is 7.45. The Kier molecular flexibility index (Phi) is 7.20. The van der Waals surface area contributed by atoms with Gasteiger partial charge < -0.3 is 9.80 Å². The normalized spacial score (nSPS) is 16.7. The van der Waals surface area contributed by atoms with Gasteiger partial charge in [0.25, 0.3) is 0 Å². The van der Waals surface area contributed by atoms with Gasteiger partial charge in [-0.25, -0.2) is 0 Å². The largest absolute Gasteiger partial charge is 0.339 e. The van der Waals surface area contributed by atoms with Gasteiger partial charge in [0.1, 0.15) is 23.4 Å². The summed E-state index contributed by atoms with van der Waals surface area (Å²) < 4.78 is 2.02. The Morgan fingerprint density at radius 1 is 1.08 bits per heavy atom. The number of aliphatic imine (C=N–C) groups is 1. The third kappa shape index (κ3) is 4.78. The lowest BCUT2D eigenvalue weighted by Gasteiger charge is -2.35. The molecule has 1 aromatic carbocycles. The first-order valence-corrected chi connectivity index (χ1v) is 13.4. The summed E-state index contributed by atoms with van der Waals surface area (Å²) in [5, 5.41) is 13.8. The van der Waals surface area contributed by atoms with Crippen LogP contribution in [0.1, 0.15) is 45.7 Å². The van der Waals surface area contributed by atoms with E-state index in [1.165, 1.54) is 4.88 Å². The Bertz CT molecular complexity index is 1480. The predicted molar refractivity (Wildman–Crippen MR) is 145 cm³/mol. The van der Waals surface area contributed by atoms with Crippen LogP contribution in [0.5, 0.6) is 0 Å². The summed E-state index contributed by atoms with van der Waals surface area (Å²) in [4.78, 5) is 38.0. The zero-order chi connectivity index (χ0) is 27.0. The van der Waals surface area contributed by atoms with E-state index in [0.717, 1.165) is 33.2 Å². The summed E-state index contributed by atoms with van der Waals surface area (Å²) in [5.41, 5.74) is 12.3. The van der Waals surface area contributed by atoms with Gasteiger partial charge >= 0.3 is 0 Å². The average molecular weight is 552 g/mol. The lowest BCUT2D eigenvalue weighted by molar-refractivity contribution is -0.139. The van der Waals surface area contributed by atoms with Crippen molar-refractivity contribution in [2.45, 2.75) is 33.2 Å². The molecule has 13 heteroatoms. The number of piperazine rings is 1. The molecule has 38 heavy (non-hydrogen) atoms. The molecule has 2 aliphatic heterocycles. The van der Waals surface area contributed by atoms with Crippen molar-refractivity contribution in [2.75, 3.05) is 32.7 Å². The van der Waals surface area contributed by atoms with Crippen molar-refractivity contribution in [1.82, 2.24) is 24.6 Å². The Morgan fingerprint density at radius 3 is 2.39 bits per heavy atom. The molecule has 0 bridgehead atoms. The summed E-state index contributed by atoms with van der Waals surface area (Å²) in [6, 6.07) is 7.03. The zero-order valence-electron chi connectivity index (χ0n) is 21.3. The van der Waals surface area contributed by atoms with Gasteiger partial charge in [0.05, 0.1) is 12.1 Å². The van der Waals surface area contributed by atoms with Gasteiger partial charge in [0.2, 0.25) is 11.8 Å². The molecule has 2 aliphatic rings. The molecule has 5 rings (SSSR count). The first-order valence-electron chi connectivity index (χ1n) is 12.2. The van der Waals surface area contributed by atoms with Gasteiger partial charge in [-0.3, -0.25) is 19.1 Å². The molecule has 2 amide bonds. The van der Waals surface area contributed by atoms with Crippen LogP contribution in [0.25, 0.3) is 15.4 Å². The number of halogens is 1. The number of nitrogens with zero attached hydrogens (tertiary/aromatic N) is 9. The summed E-state index contributed by atoms with van der Waals surface area (Å²) in [6.07, 6.45) is 0.120. The van der Waals surface area contributed by atoms with E-state index in [-0.39, 0.29) is 24.8 Å². The molecule has 11 nitrogen and oxygen atoms in total. The molecule has 1 fully saturated rings. The van der Waals surface area contributed by atoms with Crippen LogP contribution in [0.4, 0.5) is 0 Å². The monoisotopic (exact) mass is 551 g/mol. The molecule has 0 saturated carbocycles. The molecule has 0 aliphatic carbocycles. The summed E-state index contributed by atoms with van der Waals surface area (Å²) in [5.74, 6) is 1.06. The number of carbonyl (C=O) groups excluding carboxylic acids is 2. The number of rotatable bonds is 5. The zero-order valence-corrected chi connectivity index (χ0v) is 22.8. The Morgan fingerprint density at radius 2 is 1.74 bits per heavy atom. The standard InChI is InChI=1S/C25H26ClN9O2S/c1-14-15(2)38-25-22(14)23(17-4-6-18(26)7-5-17)29-19(24-31-30-16(3)35(24)25)12-20(36)33-8-10-34(11-9-33)21(37)13-28-32-27/h4-7,19H,8-13H2,1-3H3/t19-/m0/s1. The fourth-order valence-corrected chi connectivity index (χ4v) is 6.16. The fraction of sp³-hybridized carbons (Fsp3) is 0.400. The number of carbonyl (C=O) groups is 2. The number of fused-ring (bicyclic) bond motifs is 3. The SMILES string of the molecule is Cc1sc2c(c1C)C(c1ccc(Cl)cc1)=N[C@@H](CC(=O)N1CCN(C(=O)CN=[N+]=[N-])CC1)c1nnc(C)n1-2. The molecule has 4 heterocycles. The predicted octanol–water partition coefficient (Wildman–Crippen LogP) is 4.17. The van der Waals surface area contributed by atoms with Crippen LogP contribution >= 0.6 is 22.9 Å². The van der Waals surface area contributed by atoms with Gasteiger partial charge in [-0.05, 0) is 44.0 Å². The minimum atomic E-state index is -0.543. The number of thiophene rings is 1. The van der Waals surface area contributed by atoms with E-state index in [0.29, 0.717) is 37.0 Å². The molecule has 0 unspecified atom stereocenters. The first-order chi connectivity index (χ1) is 18.3. The number of benzene rings is 1. The van der Waals surface area contributed by atoms with Gasteiger partial charge in [-0.15, -0.1) is 21.5 Å². The second-order valence-corrected chi connectivity index (χ2v) is 10.9. The van der Waals surface area contributed by atoms with Crippen molar-refractivity contribution in [3.8, 4) is 5.00 Å². The third-order valence-corrected chi connectivity index (χ3v) is 8.42. The van der Waals surface area contributed by atoms with Crippen molar-refractivity contribution in [3.63, 3.8) is 0 Å². The van der Waals surface area contributed by atoms with Crippen LogP contribution in [0, 0.1) is 20.8 Å². The van der Waals surface area contributed by atoms with Crippen LogP contribution in [0.15, 0.2) is 34.4 Å². The average Bonchev–Trinajstić information content (AvgIpc) is 3.39. The topological polar surface area (TPSA) is 132 Å². The maximum Gasteiger partial charge on any atom is 0.228 e. The minimum absolute atomic E-state index is 0.0679. The van der Waals surface area contributed by atoms with Gasteiger partial charge in [-0.1, -0.05) is 28.8 Å². The van der Waals surface area contributed by atoms with Gasteiger partial charge in [0.15, 0.2) is 5.82 Å². The molecular weight excluding hydrogens is 526 g/mol. The Balaban J connectivity index is 1.47. The number of aromatic nitrogens is 3. The summed E-state index contributed by atoms with van der Waals surface area (Å²) in [7, 11) is 0.